The van der Waals surface area contributed by atoms with E-state index in [1.54, 1.807) is 29.1 Å². The Balaban J connectivity index is 1.16. The summed E-state index contributed by atoms with van der Waals surface area (Å²) in [6.07, 6.45) is 3.09. The van der Waals surface area contributed by atoms with Crippen LogP contribution < -0.4 is 0 Å². The molecule has 0 amide bonds. The first-order chi connectivity index (χ1) is 15.5. The second-order valence-electron chi connectivity index (χ2n) is 7.81. The number of hydrogen-bond acceptors (Lipinski definition) is 6. The number of benzene rings is 2. The molecule has 0 atom stereocenters. The van der Waals surface area contributed by atoms with Gasteiger partial charge in [0, 0.05) is 31.7 Å². The van der Waals surface area contributed by atoms with Crippen molar-refractivity contribution in [3.63, 3.8) is 0 Å². The number of aromatic nitrogens is 4. The normalized spacial score (nSPS) is 15.8. The predicted octanol–water partition coefficient (Wildman–Crippen LogP) is 3.17. The van der Waals surface area contributed by atoms with E-state index < -0.39 is 10.0 Å². The van der Waals surface area contributed by atoms with Crippen molar-refractivity contribution in [1.82, 2.24) is 29.4 Å². The zero-order valence-corrected chi connectivity index (χ0v) is 19.4. The number of piperazine rings is 1. The highest BCUT2D eigenvalue weighted by Crippen LogP contribution is 2.25. The van der Waals surface area contributed by atoms with Crippen molar-refractivity contribution in [2.75, 3.05) is 32.7 Å². The van der Waals surface area contributed by atoms with Crippen LogP contribution in [-0.4, -0.2) is 70.6 Å². The van der Waals surface area contributed by atoms with E-state index >= 15 is 0 Å². The molecule has 8 nitrogen and oxygen atoms in total. The largest absolute Gasteiger partial charge is 0.301 e. The summed E-state index contributed by atoms with van der Waals surface area (Å²) in [7, 11) is -3.54. The molecule has 4 rings (SSSR count). The monoisotopic (exact) mass is 474 g/mol. The molecule has 0 bridgehead atoms. The molecule has 1 aliphatic rings. The summed E-state index contributed by atoms with van der Waals surface area (Å²) in [4.78, 5) is 4.16. The number of halogens is 1. The van der Waals surface area contributed by atoms with E-state index in [0.717, 1.165) is 51.0 Å². The zero-order chi connectivity index (χ0) is 22.4. The van der Waals surface area contributed by atoms with Crippen LogP contribution in [0.4, 0.5) is 0 Å². The van der Waals surface area contributed by atoms with Gasteiger partial charge in [0.05, 0.1) is 11.6 Å². The first-order valence-corrected chi connectivity index (χ1v) is 12.7. The van der Waals surface area contributed by atoms with Crippen LogP contribution in [0, 0.1) is 0 Å². The third kappa shape index (κ3) is 5.53. The molecule has 3 aromatic rings. The molecular weight excluding hydrogens is 448 g/mol. The minimum atomic E-state index is -3.54. The van der Waals surface area contributed by atoms with Gasteiger partial charge in [0.1, 0.15) is 4.90 Å². The minimum Gasteiger partial charge on any atom is -0.301 e. The Morgan fingerprint density at radius 2 is 1.53 bits per heavy atom. The molecule has 0 radical (unpaired) electrons. The van der Waals surface area contributed by atoms with Crippen molar-refractivity contribution in [2.24, 2.45) is 0 Å². The maximum absolute atomic E-state index is 12.8. The van der Waals surface area contributed by atoms with Crippen molar-refractivity contribution in [3.8, 4) is 11.4 Å². The molecule has 0 spiro atoms. The summed E-state index contributed by atoms with van der Waals surface area (Å²) in [5.74, 6) is 0.648. The van der Waals surface area contributed by atoms with Crippen molar-refractivity contribution in [2.45, 2.75) is 30.7 Å². The van der Waals surface area contributed by atoms with Gasteiger partial charge in [-0.3, -0.25) is 0 Å². The lowest BCUT2D eigenvalue weighted by Crippen LogP contribution is -2.48. The van der Waals surface area contributed by atoms with Crippen LogP contribution in [0.15, 0.2) is 59.5 Å². The van der Waals surface area contributed by atoms with E-state index in [2.05, 4.69) is 20.3 Å². The van der Waals surface area contributed by atoms with Crippen molar-refractivity contribution < 1.29 is 8.42 Å². The second kappa shape index (κ2) is 10.5. The Kier molecular flexibility index (Phi) is 7.51. The van der Waals surface area contributed by atoms with Crippen LogP contribution in [0.3, 0.4) is 0 Å². The molecule has 1 aliphatic heterocycles. The van der Waals surface area contributed by atoms with Gasteiger partial charge in [-0.05, 0) is 36.7 Å². The first kappa shape index (κ1) is 22.8. The van der Waals surface area contributed by atoms with Gasteiger partial charge in [-0.25, -0.2) is 8.42 Å². The number of unbranched alkanes of at least 4 members (excludes halogenated alkanes) is 2. The lowest BCUT2D eigenvalue weighted by Gasteiger charge is -2.34. The molecule has 1 aromatic heterocycles. The molecule has 2 aromatic carbocycles. The van der Waals surface area contributed by atoms with E-state index in [0.29, 0.717) is 18.9 Å². The second-order valence-corrected chi connectivity index (χ2v) is 10.1. The van der Waals surface area contributed by atoms with Crippen LogP contribution in [-0.2, 0) is 16.6 Å². The van der Waals surface area contributed by atoms with Crippen LogP contribution in [0.25, 0.3) is 11.4 Å². The molecule has 0 N–H and O–H groups in total. The Morgan fingerprint density at radius 1 is 0.844 bits per heavy atom. The van der Waals surface area contributed by atoms with Crippen molar-refractivity contribution >= 4 is 21.6 Å². The van der Waals surface area contributed by atoms with Gasteiger partial charge in [0.15, 0.2) is 0 Å². The summed E-state index contributed by atoms with van der Waals surface area (Å²) in [6, 6.07) is 16.4. The summed E-state index contributed by atoms with van der Waals surface area (Å²) >= 11 is 6.10. The molecule has 10 heteroatoms. The number of hydrogen-bond donors (Lipinski definition) is 0. The Hall–Kier alpha value is -2.33. The van der Waals surface area contributed by atoms with Gasteiger partial charge in [0.25, 0.3) is 0 Å². The fourth-order valence-electron chi connectivity index (χ4n) is 3.79. The number of nitrogens with zero attached hydrogens (tertiary/aromatic N) is 6. The highest BCUT2D eigenvalue weighted by Gasteiger charge is 2.29. The van der Waals surface area contributed by atoms with Gasteiger partial charge >= 0.3 is 0 Å². The Bertz CT molecular complexity index is 1110. The fraction of sp³-hybridized carbons (Fsp3) is 0.409. The van der Waals surface area contributed by atoms with Crippen LogP contribution in [0.5, 0.6) is 0 Å². The topological polar surface area (TPSA) is 84.2 Å². The SMILES string of the molecule is O=S(=O)(c1ccccc1Cl)N1CCN(CCCCCn2nnc(-c3ccccc3)n2)CC1. The number of sulfonamides is 1. The van der Waals surface area contributed by atoms with Gasteiger partial charge < -0.3 is 4.90 Å². The molecule has 0 saturated carbocycles. The van der Waals surface area contributed by atoms with E-state index in [9.17, 15) is 8.42 Å². The van der Waals surface area contributed by atoms with Crippen molar-refractivity contribution in [3.05, 3.63) is 59.6 Å². The Morgan fingerprint density at radius 3 is 2.28 bits per heavy atom. The lowest BCUT2D eigenvalue weighted by molar-refractivity contribution is 0.185. The maximum atomic E-state index is 12.8. The lowest BCUT2D eigenvalue weighted by atomic mass is 10.2. The minimum absolute atomic E-state index is 0.187. The van der Waals surface area contributed by atoms with E-state index in [-0.39, 0.29) is 9.92 Å². The summed E-state index contributed by atoms with van der Waals surface area (Å²) < 4.78 is 27.2. The third-order valence-corrected chi connectivity index (χ3v) is 8.00. The van der Waals surface area contributed by atoms with Gasteiger partial charge in [-0.2, -0.15) is 9.10 Å². The van der Waals surface area contributed by atoms with E-state index in [1.165, 1.54) is 4.31 Å². The molecule has 32 heavy (non-hydrogen) atoms. The molecule has 1 fully saturated rings. The highest BCUT2D eigenvalue weighted by atomic mass is 35.5. The zero-order valence-electron chi connectivity index (χ0n) is 17.8. The smallest absolute Gasteiger partial charge is 0.244 e. The van der Waals surface area contributed by atoms with Crippen molar-refractivity contribution in [1.29, 1.82) is 0 Å². The molecule has 0 aliphatic carbocycles. The highest BCUT2D eigenvalue weighted by molar-refractivity contribution is 7.89. The van der Waals surface area contributed by atoms with Gasteiger partial charge in [-0.15, -0.1) is 10.2 Å². The third-order valence-electron chi connectivity index (χ3n) is 5.60. The Labute approximate surface area is 193 Å². The van der Waals surface area contributed by atoms with Crippen LogP contribution >= 0.6 is 11.6 Å². The summed E-state index contributed by atoms with van der Waals surface area (Å²) in [6.45, 7) is 4.13. The molecule has 2 heterocycles. The fourth-order valence-corrected chi connectivity index (χ4v) is 5.71. The molecule has 1 saturated heterocycles. The molecule has 0 unspecified atom stereocenters. The first-order valence-electron chi connectivity index (χ1n) is 10.8. The average Bonchev–Trinajstić information content (AvgIpc) is 3.29. The quantitative estimate of drug-likeness (QED) is 0.443. The van der Waals surface area contributed by atoms with E-state index in [1.807, 2.05) is 30.3 Å². The summed E-state index contributed by atoms with van der Waals surface area (Å²) in [5.41, 5.74) is 0.967. The maximum Gasteiger partial charge on any atom is 0.244 e. The van der Waals surface area contributed by atoms with Crippen LogP contribution in [0.2, 0.25) is 5.02 Å². The van der Waals surface area contributed by atoms with Crippen LogP contribution in [0.1, 0.15) is 19.3 Å². The number of rotatable bonds is 9. The number of aryl methyl sites for hydroxylation is 1. The average molecular weight is 475 g/mol. The van der Waals surface area contributed by atoms with E-state index in [4.69, 9.17) is 11.6 Å². The standard InChI is InChI=1S/C22H27ClN6O2S/c23-20-11-5-6-12-21(20)32(30,31)28-17-15-27(16-18-28)13-7-2-8-14-29-25-22(24-26-29)19-9-3-1-4-10-19/h1,3-6,9-12H,2,7-8,13-18H2. The number of tetrazole rings is 1. The summed E-state index contributed by atoms with van der Waals surface area (Å²) in [5, 5.41) is 13.0. The van der Waals surface area contributed by atoms with Gasteiger partial charge in [0.2, 0.25) is 15.8 Å². The predicted molar refractivity (Wildman–Crippen MR) is 124 cm³/mol. The molecule has 170 valence electrons. The van der Waals surface area contributed by atoms with Gasteiger partial charge in [-0.1, -0.05) is 60.5 Å². The molecular formula is C22H27ClN6O2S.